The van der Waals surface area contributed by atoms with E-state index in [0.29, 0.717) is 10.7 Å². The van der Waals surface area contributed by atoms with Gasteiger partial charge in [-0.1, -0.05) is 6.07 Å². The number of rotatable bonds is 3. The van der Waals surface area contributed by atoms with Gasteiger partial charge in [-0.25, -0.2) is 9.37 Å². The lowest BCUT2D eigenvalue weighted by molar-refractivity contribution is 0.0993. The van der Waals surface area contributed by atoms with E-state index in [9.17, 15) is 9.18 Å². The Bertz CT molecular complexity index is 762. The number of carbonyl (C=O) groups is 1. The van der Waals surface area contributed by atoms with Gasteiger partial charge in [0.25, 0.3) is 0 Å². The van der Waals surface area contributed by atoms with Crippen LogP contribution in [0, 0.1) is 5.82 Å². The van der Waals surface area contributed by atoms with Crippen LogP contribution in [0.1, 0.15) is 15.5 Å². The number of hydrogen-bond acceptors (Lipinski definition) is 4. The van der Waals surface area contributed by atoms with Gasteiger partial charge < -0.3 is 0 Å². The summed E-state index contributed by atoms with van der Waals surface area (Å²) in [7, 11) is 1.75. The second kappa shape index (κ2) is 4.55. The molecule has 0 atom stereocenters. The summed E-state index contributed by atoms with van der Waals surface area (Å²) in [6.07, 6.45) is 1.62. The highest BCUT2D eigenvalue weighted by Crippen LogP contribution is 2.27. The van der Waals surface area contributed by atoms with Gasteiger partial charge >= 0.3 is 0 Å². The summed E-state index contributed by atoms with van der Waals surface area (Å²) >= 11 is 1.30. The van der Waals surface area contributed by atoms with Gasteiger partial charge in [0.05, 0.1) is 11.3 Å². The summed E-state index contributed by atoms with van der Waals surface area (Å²) in [5, 5.41) is 4.81. The predicted molar refractivity (Wildman–Crippen MR) is 70.8 cm³/mol. The first-order valence-corrected chi connectivity index (χ1v) is 6.50. The van der Waals surface area contributed by atoms with Crippen molar-refractivity contribution in [1.29, 1.82) is 0 Å². The molecule has 19 heavy (non-hydrogen) atoms. The van der Waals surface area contributed by atoms with E-state index in [4.69, 9.17) is 0 Å². The second-order valence-corrected chi connectivity index (χ2v) is 5.28. The molecule has 0 unspecified atom stereocenters. The van der Waals surface area contributed by atoms with Gasteiger partial charge in [-0.05, 0) is 23.6 Å². The third-order valence-electron chi connectivity index (χ3n) is 2.88. The Kier molecular flexibility index (Phi) is 2.87. The monoisotopic (exact) mass is 275 g/mol. The molecule has 0 bridgehead atoms. The molecule has 0 saturated heterocycles. The number of aromatic nitrogens is 3. The van der Waals surface area contributed by atoms with Crippen LogP contribution in [0.25, 0.3) is 10.1 Å². The SMILES string of the molecule is Cn1ncnc1CC(=O)c1cc2ccc(F)cc2s1. The lowest BCUT2D eigenvalue weighted by Crippen LogP contribution is -2.07. The van der Waals surface area contributed by atoms with Crippen LogP contribution in [0.2, 0.25) is 0 Å². The second-order valence-electron chi connectivity index (χ2n) is 4.19. The summed E-state index contributed by atoms with van der Waals surface area (Å²) < 4.78 is 15.5. The van der Waals surface area contributed by atoms with E-state index in [0.717, 1.165) is 10.1 Å². The van der Waals surface area contributed by atoms with E-state index < -0.39 is 0 Å². The number of Topliss-reactive ketones (excluding diaryl/α,β-unsaturated/α-hetero) is 1. The molecule has 6 heteroatoms. The molecule has 0 N–H and O–H groups in total. The lowest BCUT2D eigenvalue weighted by Gasteiger charge is -1.97. The van der Waals surface area contributed by atoms with Crippen molar-refractivity contribution in [3.8, 4) is 0 Å². The number of nitrogens with zero attached hydrogens (tertiary/aromatic N) is 3. The predicted octanol–water partition coefficient (Wildman–Crippen LogP) is 2.59. The van der Waals surface area contributed by atoms with Crippen LogP contribution in [0.3, 0.4) is 0 Å². The topological polar surface area (TPSA) is 47.8 Å². The summed E-state index contributed by atoms with van der Waals surface area (Å²) in [6, 6.07) is 6.31. The zero-order chi connectivity index (χ0) is 13.4. The Morgan fingerprint density at radius 2 is 2.26 bits per heavy atom. The van der Waals surface area contributed by atoms with E-state index in [1.165, 1.54) is 29.8 Å². The maximum Gasteiger partial charge on any atom is 0.180 e. The summed E-state index contributed by atoms with van der Waals surface area (Å²) in [4.78, 5) is 16.8. The van der Waals surface area contributed by atoms with Gasteiger partial charge in [0.2, 0.25) is 0 Å². The normalized spacial score (nSPS) is 11.1. The molecule has 3 aromatic rings. The third-order valence-corrected chi connectivity index (χ3v) is 4.02. The Labute approximate surface area is 112 Å². The Hall–Kier alpha value is -2.08. The van der Waals surface area contributed by atoms with Gasteiger partial charge in [-0.15, -0.1) is 11.3 Å². The molecule has 0 amide bonds. The molecule has 0 spiro atoms. The number of fused-ring (bicyclic) bond motifs is 1. The molecule has 3 rings (SSSR count). The van der Waals surface area contributed by atoms with Crippen molar-refractivity contribution in [2.75, 3.05) is 0 Å². The zero-order valence-electron chi connectivity index (χ0n) is 10.1. The summed E-state index contributed by atoms with van der Waals surface area (Å²) in [5.74, 6) is 0.299. The largest absolute Gasteiger partial charge is 0.293 e. The number of halogens is 1. The van der Waals surface area contributed by atoms with Crippen molar-refractivity contribution >= 4 is 27.2 Å². The first-order chi connectivity index (χ1) is 9.13. The van der Waals surface area contributed by atoms with E-state index in [2.05, 4.69) is 10.1 Å². The first-order valence-electron chi connectivity index (χ1n) is 5.68. The van der Waals surface area contributed by atoms with Crippen molar-refractivity contribution < 1.29 is 9.18 Å². The third kappa shape index (κ3) is 2.26. The van der Waals surface area contributed by atoms with Crippen LogP contribution in [-0.4, -0.2) is 20.5 Å². The molecule has 0 radical (unpaired) electrons. The number of thiophene rings is 1. The molecule has 0 saturated carbocycles. The highest BCUT2D eigenvalue weighted by atomic mass is 32.1. The molecule has 0 fully saturated rings. The van der Waals surface area contributed by atoms with Crippen LogP contribution in [0.4, 0.5) is 4.39 Å². The van der Waals surface area contributed by atoms with E-state index >= 15 is 0 Å². The van der Waals surface area contributed by atoms with E-state index in [1.807, 2.05) is 0 Å². The number of benzene rings is 1. The van der Waals surface area contributed by atoms with Gasteiger partial charge in [0, 0.05) is 11.7 Å². The molecule has 0 aliphatic heterocycles. The summed E-state index contributed by atoms with van der Waals surface area (Å²) in [5.41, 5.74) is 0. The van der Waals surface area contributed by atoms with Crippen LogP contribution in [-0.2, 0) is 13.5 Å². The maximum atomic E-state index is 13.1. The fourth-order valence-corrected chi connectivity index (χ4v) is 2.88. The smallest absolute Gasteiger partial charge is 0.180 e. The number of ketones is 1. The van der Waals surface area contributed by atoms with Gasteiger partial charge in [0.15, 0.2) is 5.78 Å². The zero-order valence-corrected chi connectivity index (χ0v) is 10.9. The number of hydrogen-bond donors (Lipinski definition) is 0. The molecule has 4 nitrogen and oxygen atoms in total. The minimum absolute atomic E-state index is 0.0299. The molecule has 2 aromatic heterocycles. The highest BCUT2D eigenvalue weighted by Gasteiger charge is 2.14. The quantitative estimate of drug-likeness (QED) is 0.690. The van der Waals surface area contributed by atoms with Gasteiger partial charge in [-0.3, -0.25) is 9.48 Å². The molecule has 2 heterocycles. The van der Waals surface area contributed by atoms with E-state index in [1.54, 1.807) is 23.9 Å². The van der Waals surface area contributed by atoms with Crippen molar-refractivity contribution in [3.05, 3.63) is 47.1 Å². The number of aryl methyl sites for hydroxylation is 1. The molecule has 96 valence electrons. The number of carbonyl (C=O) groups excluding carboxylic acids is 1. The summed E-state index contributed by atoms with van der Waals surface area (Å²) in [6.45, 7) is 0. The minimum atomic E-state index is -0.290. The first kappa shape index (κ1) is 12.0. The average Bonchev–Trinajstić information content (AvgIpc) is 2.96. The Morgan fingerprint density at radius 1 is 1.42 bits per heavy atom. The average molecular weight is 275 g/mol. The molecular formula is C13H10FN3OS. The van der Waals surface area contributed by atoms with Crippen molar-refractivity contribution in [2.45, 2.75) is 6.42 Å². The Morgan fingerprint density at radius 3 is 3.00 bits per heavy atom. The maximum absolute atomic E-state index is 13.1. The fourth-order valence-electron chi connectivity index (χ4n) is 1.85. The molecular weight excluding hydrogens is 265 g/mol. The van der Waals surface area contributed by atoms with Gasteiger partial charge in [0.1, 0.15) is 18.0 Å². The molecule has 1 aromatic carbocycles. The standard InChI is InChI=1S/C13H10FN3OS/c1-17-13(15-7-16-17)6-10(18)12-4-8-2-3-9(14)5-11(8)19-12/h2-5,7H,6H2,1H3. The minimum Gasteiger partial charge on any atom is -0.293 e. The van der Waals surface area contributed by atoms with Crippen LogP contribution in [0.15, 0.2) is 30.6 Å². The van der Waals surface area contributed by atoms with Crippen LogP contribution in [0.5, 0.6) is 0 Å². The fraction of sp³-hybridized carbons (Fsp3) is 0.154. The van der Waals surface area contributed by atoms with Gasteiger partial charge in [-0.2, -0.15) is 5.10 Å². The van der Waals surface area contributed by atoms with Crippen molar-refractivity contribution in [3.63, 3.8) is 0 Å². The molecule has 0 aliphatic rings. The van der Waals surface area contributed by atoms with Crippen LogP contribution < -0.4 is 0 Å². The van der Waals surface area contributed by atoms with E-state index in [-0.39, 0.29) is 18.0 Å². The van der Waals surface area contributed by atoms with Crippen molar-refractivity contribution in [2.24, 2.45) is 7.05 Å². The molecule has 0 aliphatic carbocycles. The Balaban J connectivity index is 1.91. The lowest BCUT2D eigenvalue weighted by atomic mass is 10.2. The van der Waals surface area contributed by atoms with Crippen LogP contribution >= 0.6 is 11.3 Å². The van der Waals surface area contributed by atoms with Crippen molar-refractivity contribution in [1.82, 2.24) is 14.8 Å². The highest BCUT2D eigenvalue weighted by molar-refractivity contribution is 7.20.